The number of rotatable bonds is 17. The van der Waals surface area contributed by atoms with Gasteiger partial charge in [0, 0.05) is 25.2 Å². The number of nitrogens with zero attached hydrogens (tertiary/aromatic N) is 6. The highest BCUT2D eigenvalue weighted by atomic mass is 16.6. The lowest BCUT2D eigenvalue weighted by Gasteiger charge is -2.29. The Labute approximate surface area is 277 Å². The molecule has 3 aromatic heterocycles. The fourth-order valence-corrected chi connectivity index (χ4v) is 5.69. The highest BCUT2D eigenvalue weighted by Crippen LogP contribution is 2.33. The maximum Gasteiger partial charge on any atom is 0.292 e. The number of aromatic nitrogens is 5. The minimum absolute atomic E-state index is 0.0789. The van der Waals surface area contributed by atoms with Crippen LogP contribution in [0.2, 0.25) is 0 Å². The van der Waals surface area contributed by atoms with Crippen molar-refractivity contribution in [2.75, 3.05) is 77.4 Å². The van der Waals surface area contributed by atoms with Gasteiger partial charge in [-0.1, -0.05) is 18.2 Å². The Hall–Kier alpha value is -4.67. The Bertz CT molecular complexity index is 1840. The minimum atomic E-state index is 0.0789. The van der Waals surface area contributed by atoms with E-state index in [0.29, 0.717) is 119 Å². The van der Waals surface area contributed by atoms with Crippen LogP contribution in [0.3, 0.4) is 0 Å². The Kier molecular flexibility index (Phi) is 11.0. The van der Waals surface area contributed by atoms with Gasteiger partial charge in [-0.15, -0.1) is 0 Å². The van der Waals surface area contributed by atoms with Gasteiger partial charge in [0.1, 0.15) is 23.4 Å². The van der Waals surface area contributed by atoms with Gasteiger partial charge >= 0.3 is 0 Å². The average molecular weight is 660 g/mol. The first-order chi connectivity index (χ1) is 23.5. The molecule has 0 spiro atoms. The molecule has 4 heterocycles. The summed E-state index contributed by atoms with van der Waals surface area (Å²) in [6.45, 7) is 6.00. The summed E-state index contributed by atoms with van der Waals surface area (Å²) in [6, 6.07) is 12.0. The summed E-state index contributed by atoms with van der Waals surface area (Å²) in [7, 11) is 0. The lowest BCUT2D eigenvalue weighted by molar-refractivity contribution is -0.133. The molecule has 254 valence electrons. The fraction of sp³-hybridized carbons (Fsp3) is 0.424. The normalized spacial score (nSPS) is 13.1. The molecule has 1 aliphatic rings. The third-order valence-electron chi connectivity index (χ3n) is 8.04. The van der Waals surface area contributed by atoms with Gasteiger partial charge in [0.2, 0.25) is 5.91 Å². The van der Waals surface area contributed by atoms with E-state index in [1.54, 1.807) is 0 Å². The summed E-state index contributed by atoms with van der Waals surface area (Å²) in [4.78, 5) is 27.8. The number of anilines is 2. The van der Waals surface area contributed by atoms with E-state index in [0.717, 1.165) is 23.1 Å². The van der Waals surface area contributed by atoms with Gasteiger partial charge in [0.05, 0.1) is 71.2 Å². The Morgan fingerprint density at radius 3 is 2.40 bits per heavy atom. The number of ether oxygens (including phenoxy) is 4. The number of amides is 1. The summed E-state index contributed by atoms with van der Waals surface area (Å²) in [5.74, 6) is 0.423. The fourth-order valence-electron chi connectivity index (χ4n) is 5.69. The van der Waals surface area contributed by atoms with Gasteiger partial charge in [0.25, 0.3) is 6.01 Å². The van der Waals surface area contributed by atoms with Crippen LogP contribution in [-0.2, 0) is 43.3 Å². The number of hydrogen-bond acceptors (Lipinski definition) is 13. The molecule has 6 N–H and O–H groups in total. The molecule has 1 amide bonds. The van der Waals surface area contributed by atoms with E-state index in [-0.39, 0.29) is 11.9 Å². The number of fused-ring (bicyclic) bond motifs is 3. The molecule has 0 aliphatic carbocycles. The Morgan fingerprint density at radius 2 is 1.62 bits per heavy atom. The van der Waals surface area contributed by atoms with E-state index in [2.05, 4.69) is 33.2 Å². The van der Waals surface area contributed by atoms with Gasteiger partial charge in [-0.3, -0.25) is 4.79 Å². The zero-order valence-corrected chi connectivity index (χ0v) is 26.8. The van der Waals surface area contributed by atoms with E-state index in [1.807, 2.05) is 27.8 Å². The molecular weight excluding hydrogens is 618 g/mol. The van der Waals surface area contributed by atoms with Gasteiger partial charge in [-0.25, -0.2) is 14.6 Å². The molecule has 15 nitrogen and oxygen atoms in total. The second-order valence-corrected chi connectivity index (χ2v) is 11.4. The topological polar surface area (TPSA) is 205 Å². The van der Waals surface area contributed by atoms with Gasteiger partial charge in [0.15, 0.2) is 11.2 Å². The summed E-state index contributed by atoms with van der Waals surface area (Å²) in [6.07, 6.45) is 2.54. The number of nitrogen functional groups attached to an aromatic ring is 2. The van der Waals surface area contributed by atoms with Crippen LogP contribution in [-0.4, -0.2) is 101 Å². The summed E-state index contributed by atoms with van der Waals surface area (Å²) < 4.78 is 29.0. The van der Waals surface area contributed by atoms with Crippen molar-refractivity contribution in [1.82, 2.24) is 29.6 Å². The Balaban J connectivity index is 0.993. The zero-order valence-electron chi connectivity index (χ0n) is 26.8. The van der Waals surface area contributed by atoms with Crippen molar-refractivity contribution >= 4 is 39.9 Å². The SMILES string of the molecule is NCCOCCOCCOCCOCCC(=O)N1CCc2cc(Cn3nc(-c4ccc5oc(N)nc5c4)c4c(N)ncnc43)ccc2C1. The van der Waals surface area contributed by atoms with Crippen molar-refractivity contribution in [3.63, 3.8) is 0 Å². The molecule has 0 unspecified atom stereocenters. The second-order valence-electron chi connectivity index (χ2n) is 11.4. The van der Waals surface area contributed by atoms with Crippen molar-refractivity contribution in [1.29, 1.82) is 0 Å². The van der Waals surface area contributed by atoms with Crippen LogP contribution in [0.25, 0.3) is 33.4 Å². The zero-order chi connectivity index (χ0) is 33.3. The maximum atomic E-state index is 12.9. The number of nitrogens with two attached hydrogens (primary N) is 3. The lowest BCUT2D eigenvalue weighted by Crippen LogP contribution is -2.36. The van der Waals surface area contributed by atoms with Crippen LogP contribution in [0.5, 0.6) is 0 Å². The molecule has 0 saturated heterocycles. The van der Waals surface area contributed by atoms with Crippen molar-refractivity contribution in [3.8, 4) is 11.3 Å². The molecule has 0 bridgehead atoms. The molecule has 0 saturated carbocycles. The molecular formula is C33H41N9O6. The first-order valence-electron chi connectivity index (χ1n) is 16.0. The number of benzene rings is 2. The molecule has 0 atom stereocenters. The standard InChI is InChI=1S/C33H41N9O6/c34-7-10-45-12-14-47-16-15-46-13-11-44-9-6-28(43)41-8-5-23-17-22(1-2-25(23)20-41)19-42-32-29(31(35)37-21-38-32)30(40-42)24-3-4-27-26(18-24)39-33(36)48-27/h1-4,17-18,21H,5-16,19-20,34H2,(H2,36,39)(H2,35,37,38). The van der Waals surface area contributed by atoms with Crippen LogP contribution in [0, 0.1) is 0 Å². The maximum absolute atomic E-state index is 12.9. The molecule has 0 fully saturated rings. The number of carbonyl (C=O) groups is 1. The second kappa shape index (κ2) is 16.0. The third-order valence-corrected chi connectivity index (χ3v) is 8.04. The summed E-state index contributed by atoms with van der Waals surface area (Å²) >= 11 is 0. The largest absolute Gasteiger partial charge is 0.424 e. The van der Waals surface area contributed by atoms with Crippen molar-refractivity contribution in [2.24, 2.45) is 5.73 Å². The molecule has 0 radical (unpaired) electrons. The predicted molar refractivity (Wildman–Crippen MR) is 179 cm³/mol. The van der Waals surface area contributed by atoms with E-state index in [1.165, 1.54) is 11.9 Å². The third kappa shape index (κ3) is 8.06. The summed E-state index contributed by atoms with van der Waals surface area (Å²) in [5.41, 5.74) is 24.2. The number of carbonyl (C=O) groups excluding carboxylic acids is 1. The molecule has 1 aliphatic heterocycles. The van der Waals surface area contributed by atoms with Crippen molar-refractivity contribution in [2.45, 2.75) is 25.9 Å². The number of hydrogen-bond donors (Lipinski definition) is 3. The lowest BCUT2D eigenvalue weighted by atomic mass is 9.97. The highest BCUT2D eigenvalue weighted by Gasteiger charge is 2.22. The van der Waals surface area contributed by atoms with Crippen LogP contribution >= 0.6 is 0 Å². The quantitative estimate of drug-likeness (QED) is 0.123. The monoisotopic (exact) mass is 659 g/mol. The molecule has 15 heteroatoms. The van der Waals surface area contributed by atoms with E-state index in [9.17, 15) is 4.79 Å². The molecule has 2 aromatic carbocycles. The predicted octanol–water partition coefficient (Wildman–Crippen LogP) is 2.15. The minimum Gasteiger partial charge on any atom is -0.424 e. The first-order valence-corrected chi connectivity index (χ1v) is 16.0. The van der Waals surface area contributed by atoms with E-state index in [4.69, 9.17) is 45.7 Å². The number of oxazole rings is 1. The van der Waals surface area contributed by atoms with E-state index >= 15 is 0 Å². The highest BCUT2D eigenvalue weighted by molar-refractivity contribution is 5.99. The van der Waals surface area contributed by atoms with Crippen LogP contribution < -0.4 is 17.2 Å². The first kappa shape index (κ1) is 33.2. The van der Waals surface area contributed by atoms with Crippen LogP contribution in [0.4, 0.5) is 11.8 Å². The van der Waals surface area contributed by atoms with Crippen LogP contribution in [0.1, 0.15) is 23.1 Å². The summed E-state index contributed by atoms with van der Waals surface area (Å²) in [5, 5.41) is 5.58. The van der Waals surface area contributed by atoms with Crippen molar-refractivity contribution in [3.05, 3.63) is 59.4 Å². The molecule has 48 heavy (non-hydrogen) atoms. The van der Waals surface area contributed by atoms with Gasteiger partial charge in [-0.2, -0.15) is 10.1 Å². The molecule has 5 aromatic rings. The smallest absolute Gasteiger partial charge is 0.292 e. The van der Waals surface area contributed by atoms with Crippen molar-refractivity contribution < 1.29 is 28.2 Å². The van der Waals surface area contributed by atoms with Crippen LogP contribution in [0.15, 0.2) is 47.1 Å². The van der Waals surface area contributed by atoms with Gasteiger partial charge < -0.3 is 45.5 Å². The Morgan fingerprint density at radius 1 is 0.875 bits per heavy atom. The van der Waals surface area contributed by atoms with Gasteiger partial charge in [-0.05, 0) is 41.3 Å². The van der Waals surface area contributed by atoms with E-state index < -0.39 is 0 Å². The molecule has 6 rings (SSSR count). The average Bonchev–Trinajstić information content (AvgIpc) is 3.66.